The summed E-state index contributed by atoms with van der Waals surface area (Å²) in [7, 11) is -3.44. The van der Waals surface area contributed by atoms with E-state index in [4.69, 9.17) is 22.3 Å². The fraction of sp³-hybridized carbons (Fsp3) is 0.194. The predicted molar refractivity (Wildman–Crippen MR) is 169 cm³/mol. The van der Waals surface area contributed by atoms with Crippen molar-refractivity contribution in [1.82, 2.24) is 20.0 Å². The van der Waals surface area contributed by atoms with Crippen LogP contribution in [-0.2, 0) is 16.6 Å². The summed E-state index contributed by atoms with van der Waals surface area (Å²) in [6.07, 6.45) is 3.99. The summed E-state index contributed by atoms with van der Waals surface area (Å²) in [5.74, 6) is 0.0665. The number of rotatable bonds is 13. The zero-order valence-corrected chi connectivity index (χ0v) is 24.4. The van der Waals surface area contributed by atoms with Crippen molar-refractivity contribution >= 4 is 55.0 Å². The van der Waals surface area contributed by atoms with Crippen LogP contribution in [0.1, 0.15) is 22.3 Å². The maximum atomic E-state index is 12.5. The summed E-state index contributed by atoms with van der Waals surface area (Å²) in [6, 6.07) is 22.8. The smallest absolute Gasteiger partial charge is 0.248 e. The highest BCUT2D eigenvalue weighted by molar-refractivity contribution is 7.89. The molecule has 0 fully saturated rings. The molecule has 0 atom stereocenters. The number of fused-ring (bicyclic) bond motifs is 3. The number of sulfonamides is 1. The summed E-state index contributed by atoms with van der Waals surface area (Å²) in [5.41, 5.74) is 9.42. The predicted octanol–water partition coefficient (Wildman–Crippen LogP) is 4.71. The third-order valence-corrected chi connectivity index (χ3v) is 8.54. The van der Waals surface area contributed by atoms with Crippen molar-refractivity contribution < 1.29 is 13.2 Å². The highest BCUT2D eigenvalue weighted by atomic mass is 35.5. The Hall–Kier alpha value is -4.09. The fourth-order valence-corrected chi connectivity index (χ4v) is 6.02. The molecular weight excluding hydrogens is 572 g/mol. The van der Waals surface area contributed by atoms with E-state index in [1.54, 1.807) is 24.5 Å². The maximum absolute atomic E-state index is 12.5. The molecule has 0 aliphatic carbocycles. The number of halogens is 1. The number of hydrogen-bond donors (Lipinski definition) is 4. The Morgan fingerprint density at radius 1 is 0.905 bits per heavy atom. The van der Waals surface area contributed by atoms with Crippen LogP contribution in [0.2, 0.25) is 5.02 Å². The molecule has 216 valence electrons. The van der Waals surface area contributed by atoms with Gasteiger partial charge in [0.1, 0.15) is 5.82 Å². The van der Waals surface area contributed by atoms with E-state index in [1.165, 1.54) is 0 Å². The Bertz CT molecular complexity index is 1830. The topological polar surface area (TPSA) is 139 Å². The first-order chi connectivity index (χ1) is 20.3. The van der Waals surface area contributed by atoms with E-state index >= 15 is 0 Å². The van der Waals surface area contributed by atoms with Gasteiger partial charge in [0, 0.05) is 70.9 Å². The van der Waals surface area contributed by atoms with Gasteiger partial charge in [-0.15, -0.1) is 0 Å². The van der Waals surface area contributed by atoms with Gasteiger partial charge in [0.2, 0.25) is 15.9 Å². The third-order valence-electron chi connectivity index (χ3n) is 6.84. The molecule has 5 aromatic rings. The molecule has 2 aromatic heterocycles. The van der Waals surface area contributed by atoms with E-state index in [0.717, 1.165) is 32.8 Å². The third kappa shape index (κ3) is 7.21. The van der Waals surface area contributed by atoms with Crippen molar-refractivity contribution in [3.8, 4) is 11.1 Å². The quantitative estimate of drug-likeness (QED) is 0.113. The average Bonchev–Trinajstić information content (AvgIpc) is 2.99. The summed E-state index contributed by atoms with van der Waals surface area (Å²) in [5, 5.41) is 9.76. The van der Waals surface area contributed by atoms with Crippen molar-refractivity contribution in [2.75, 3.05) is 30.7 Å². The fourth-order valence-electron chi connectivity index (χ4n) is 4.69. The molecule has 0 radical (unpaired) electrons. The first kappa shape index (κ1) is 29.4. The van der Waals surface area contributed by atoms with Gasteiger partial charge in [0.25, 0.3) is 0 Å². The van der Waals surface area contributed by atoms with Crippen molar-refractivity contribution in [3.05, 3.63) is 101 Å². The molecule has 3 aromatic carbocycles. The molecule has 11 heteroatoms. The van der Waals surface area contributed by atoms with Gasteiger partial charge in [-0.3, -0.25) is 9.78 Å². The van der Waals surface area contributed by atoms with Crippen LogP contribution < -0.4 is 21.1 Å². The lowest BCUT2D eigenvalue weighted by atomic mass is 10.0. The van der Waals surface area contributed by atoms with Crippen molar-refractivity contribution in [2.24, 2.45) is 5.73 Å². The standard InChI is InChI=1S/C31H31ClN6O3S/c32-28-17-21(7-9-24(28)22-5-2-1-3-6-22)19-35-15-16-42(40,41)37-13-4-12-36-31-26-11-14-34-20-27(26)25-10-8-23(30(33)39)18-29(25)38-31/h1-3,5-11,14,17-18,20,35,37H,4,12-13,15-16,19H2,(H2,33,39)(H,36,38). The number of carbonyl (C=O) groups is 1. The second kappa shape index (κ2) is 13.3. The number of carbonyl (C=O) groups excluding carboxylic acids is 1. The second-order valence-corrected chi connectivity index (χ2v) is 12.2. The number of nitrogens with one attached hydrogen (secondary N) is 3. The first-order valence-corrected chi connectivity index (χ1v) is 15.6. The molecule has 0 aliphatic heterocycles. The van der Waals surface area contributed by atoms with E-state index < -0.39 is 15.9 Å². The Kier molecular flexibility index (Phi) is 9.28. The molecule has 0 bridgehead atoms. The molecule has 42 heavy (non-hydrogen) atoms. The van der Waals surface area contributed by atoms with Crippen molar-refractivity contribution in [2.45, 2.75) is 13.0 Å². The average molecular weight is 603 g/mol. The molecule has 0 spiro atoms. The van der Waals surface area contributed by atoms with Gasteiger partial charge in [-0.1, -0.05) is 60.1 Å². The molecular formula is C31H31ClN6O3S. The highest BCUT2D eigenvalue weighted by Gasteiger charge is 2.12. The largest absolute Gasteiger partial charge is 0.369 e. The minimum absolute atomic E-state index is 0.0394. The van der Waals surface area contributed by atoms with Crippen LogP contribution >= 0.6 is 11.6 Å². The molecule has 0 unspecified atom stereocenters. The number of benzene rings is 3. The van der Waals surface area contributed by atoms with Crippen LogP contribution in [0, 0.1) is 0 Å². The van der Waals surface area contributed by atoms with Crippen molar-refractivity contribution in [1.29, 1.82) is 0 Å². The van der Waals surface area contributed by atoms with Crippen molar-refractivity contribution in [3.63, 3.8) is 0 Å². The summed E-state index contributed by atoms with van der Waals surface area (Å²) >= 11 is 6.48. The van der Waals surface area contributed by atoms with E-state index in [-0.39, 0.29) is 12.3 Å². The summed E-state index contributed by atoms with van der Waals surface area (Å²) < 4.78 is 27.6. The highest BCUT2D eigenvalue weighted by Crippen LogP contribution is 2.30. The number of amides is 1. The van der Waals surface area contributed by atoms with Crippen LogP contribution in [0.15, 0.2) is 85.2 Å². The van der Waals surface area contributed by atoms with Crippen LogP contribution in [-0.4, -0.2) is 49.7 Å². The van der Waals surface area contributed by atoms with Gasteiger partial charge in [-0.2, -0.15) is 0 Å². The Labute approximate surface area is 249 Å². The normalized spacial score (nSPS) is 11.6. The number of primary amides is 1. The van der Waals surface area contributed by atoms with E-state index in [9.17, 15) is 13.2 Å². The zero-order valence-electron chi connectivity index (χ0n) is 22.8. The van der Waals surface area contributed by atoms with Gasteiger partial charge in [0.15, 0.2) is 0 Å². The number of nitrogens with zero attached hydrogens (tertiary/aromatic N) is 2. The molecule has 0 saturated heterocycles. The minimum Gasteiger partial charge on any atom is -0.369 e. The van der Waals surface area contributed by atoms with E-state index in [1.807, 2.05) is 60.7 Å². The number of aromatic nitrogens is 2. The monoisotopic (exact) mass is 602 g/mol. The first-order valence-electron chi connectivity index (χ1n) is 13.5. The van der Waals surface area contributed by atoms with Crippen LogP contribution in [0.4, 0.5) is 5.82 Å². The second-order valence-electron chi connectivity index (χ2n) is 9.83. The Balaban J connectivity index is 1.08. The molecule has 9 nitrogen and oxygen atoms in total. The number of pyridine rings is 2. The number of anilines is 1. The van der Waals surface area contributed by atoms with Crippen LogP contribution in [0.3, 0.4) is 0 Å². The lowest BCUT2D eigenvalue weighted by molar-refractivity contribution is 0.100. The Morgan fingerprint density at radius 3 is 2.52 bits per heavy atom. The van der Waals surface area contributed by atoms with Gasteiger partial charge in [0.05, 0.1) is 11.3 Å². The maximum Gasteiger partial charge on any atom is 0.248 e. The number of hydrogen-bond acceptors (Lipinski definition) is 7. The lowest BCUT2D eigenvalue weighted by Crippen LogP contribution is -2.33. The van der Waals surface area contributed by atoms with E-state index in [2.05, 4.69) is 20.3 Å². The molecule has 5 rings (SSSR count). The zero-order chi connectivity index (χ0) is 29.5. The van der Waals surface area contributed by atoms with Crippen LogP contribution in [0.25, 0.3) is 32.8 Å². The molecule has 2 heterocycles. The van der Waals surface area contributed by atoms with Gasteiger partial charge >= 0.3 is 0 Å². The Morgan fingerprint density at radius 2 is 1.74 bits per heavy atom. The van der Waals surface area contributed by atoms with E-state index in [0.29, 0.717) is 48.0 Å². The number of nitrogens with two attached hydrogens (primary N) is 1. The molecule has 0 aliphatic rings. The molecule has 1 amide bonds. The van der Waals surface area contributed by atoms with Gasteiger partial charge in [-0.25, -0.2) is 18.1 Å². The van der Waals surface area contributed by atoms with Gasteiger partial charge < -0.3 is 16.4 Å². The van der Waals surface area contributed by atoms with Gasteiger partial charge in [-0.05, 0) is 41.8 Å². The summed E-state index contributed by atoms with van der Waals surface area (Å²) in [6.45, 7) is 1.59. The van der Waals surface area contributed by atoms with Crippen LogP contribution in [0.5, 0.6) is 0 Å². The summed E-state index contributed by atoms with van der Waals surface area (Å²) in [4.78, 5) is 20.6. The SMILES string of the molecule is NC(=O)c1ccc2c(c1)nc(NCCCNS(=O)(=O)CCNCc1ccc(-c3ccccc3)c(Cl)c1)c1ccncc12. The minimum atomic E-state index is -3.44. The molecule has 0 saturated carbocycles. The lowest BCUT2D eigenvalue weighted by Gasteiger charge is -2.12. The molecule has 5 N–H and O–H groups in total.